The van der Waals surface area contributed by atoms with E-state index in [4.69, 9.17) is 4.74 Å². The first-order chi connectivity index (χ1) is 14.9. The maximum Gasteiger partial charge on any atom is 0.355 e. The van der Waals surface area contributed by atoms with Gasteiger partial charge < -0.3 is 15.2 Å². The molecule has 162 valence electrons. The van der Waals surface area contributed by atoms with Crippen LogP contribution in [0.3, 0.4) is 0 Å². The van der Waals surface area contributed by atoms with E-state index >= 15 is 0 Å². The third-order valence-electron chi connectivity index (χ3n) is 5.16. The molecule has 10 heteroatoms. The van der Waals surface area contributed by atoms with Gasteiger partial charge in [0.05, 0.1) is 13.2 Å². The SMILES string of the molecule is CCc1c(OC[C@H]2C[C@@H]2c2ccc(C)cn2)nc(NCc2nnc(C)s2)nc1C(=O)O. The average Bonchev–Trinajstić information content (AvgIpc) is 3.42. The summed E-state index contributed by atoms with van der Waals surface area (Å²) in [5.74, 6) is 0.110. The topological polar surface area (TPSA) is 123 Å². The molecule has 1 aliphatic rings. The smallest absolute Gasteiger partial charge is 0.355 e. The van der Waals surface area contributed by atoms with Crippen molar-refractivity contribution in [3.63, 3.8) is 0 Å². The van der Waals surface area contributed by atoms with Crippen molar-refractivity contribution in [2.24, 2.45) is 5.92 Å². The van der Waals surface area contributed by atoms with Crippen LogP contribution in [0.5, 0.6) is 5.88 Å². The van der Waals surface area contributed by atoms with Crippen molar-refractivity contribution in [1.82, 2.24) is 25.1 Å². The Balaban J connectivity index is 1.48. The number of aromatic carboxylic acids is 1. The van der Waals surface area contributed by atoms with Crippen LogP contribution in [0.4, 0.5) is 5.95 Å². The third-order valence-corrected chi connectivity index (χ3v) is 6.00. The lowest BCUT2D eigenvalue weighted by Gasteiger charge is -2.13. The Morgan fingerprint density at radius 1 is 1.29 bits per heavy atom. The Kier molecular flexibility index (Phi) is 6.08. The molecular formula is C21H24N6O3S. The molecule has 2 atom stereocenters. The quantitative estimate of drug-likeness (QED) is 0.515. The van der Waals surface area contributed by atoms with Crippen LogP contribution in [0.25, 0.3) is 0 Å². The van der Waals surface area contributed by atoms with Gasteiger partial charge in [0, 0.05) is 29.3 Å². The van der Waals surface area contributed by atoms with E-state index in [1.807, 2.05) is 27.0 Å². The highest BCUT2D eigenvalue weighted by atomic mass is 32.1. The molecule has 3 aromatic heterocycles. The van der Waals surface area contributed by atoms with Gasteiger partial charge in [0.2, 0.25) is 11.8 Å². The molecule has 1 aliphatic carbocycles. The number of hydrogen-bond donors (Lipinski definition) is 2. The summed E-state index contributed by atoms with van der Waals surface area (Å²) in [6.45, 7) is 6.58. The maximum absolute atomic E-state index is 11.8. The van der Waals surface area contributed by atoms with Gasteiger partial charge in [0.15, 0.2) is 5.69 Å². The molecule has 0 saturated heterocycles. The summed E-state index contributed by atoms with van der Waals surface area (Å²) in [6.07, 6.45) is 3.33. The van der Waals surface area contributed by atoms with Gasteiger partial charge in [-0.1, -0.05) is 24.3 Å². The second-order valence-corrected chi connectivity index (χ2v) is 8.85. The summed E-state index contributed by atoms with van der Waals surface area (Å²) in [6, 6.07) is 4.12. The number of nitrogens with one attached hydrogen (secondary N) is 1. The molecular weight excluding hydrogens is 416 g/mol. The number of aromatic nitrogens is 5. The molecule has 0 radical (unpaired) electrons. The number of carboxylic acids is 1. The van der Waals surface area contributed by atoms with Gasteiger partial charge in [0.1, 0.15) is 10.0 Å². The lowest BCUT2D eigenvalue weighted by molar-refractivity contribution is 0.0688. The van der Waals surface area contributed by atoms with E-state index in [9.17, 15) is 9.90 Å². The van der Waals surface area contributed by atoms with Crippen LogP contribution in [0.15, 0.2) is 18.3 Å². The molecule has 4 rings (SSSR count). The number of rotatable bonds is 9. The second-order valence-electron chi connectivity index (χ2n) is 7.58. The van der Waals surface area contributed by atoms with Crippen LogP contribution in [0, 0.1) is 19.8 Å². The first kappa shape index (κ1) is 21.1. The zero-order chi connectivity index (χ0) is 22.0. The minimum Gasteiger partial charge on any atom is -0.477 e. The van der Waals surface area contributed by atoms with E-state index in [1.54, 1.807) is 0 Å². The molecule has 1 fully saturated rings. The van der Waals surface area contributed by atoms with Gasteiger partial charge in [0.25, 0.3) is 0 Å². The second kappa shape index (κ2) is 8.93. The fourth-order valence-electron chi connectivity index (χ4n) is 3.40. The van der Waals surface area contributed by atoms with Crippen molar-refractivity contribution in [2.45, 2.75) is 46.1 Å². The summed E-state index contributed by atoms with van der Waals surface area (Å²) >= 11 is 1.46. The van der Waals surface area contributed by atoms with Crippen molar-refractivity contribution < 1.29 is 14.6 Å². The van der Waals surface area contributed by atoms with Crippen LogP contribution in [-0.4, -0.2) is 42.8 Å². The number of carboxylic acid groups (broad SMARTS) is 1. The van der Waals surface area contributed by atoms with E-state index in [2.05, 4.69) is 42.6 Å². The van der Waals surface area contributed by atoms with E-state index in [-0.39, 0.29) is 11.6 Å². The Bertz CT molecular complexity index is 1090. The predicted octanol–water partition coefficient (Wildman–Crippen LogP) is 3.40. The van der Waals surface area contributed by atoms with Crippen LogP contribution in [0.1, 0.15) is 56.6 Å². The van der Waals surface area contributed by atoms with Gasteiger partial charge in [-0.25, -0.2) is 9.78 Å². The number of ether oxygens (including phenoxy) is 1. The van der Waals surface area contributed by atoms with Gasteiger partial charge in [-0.3, -0.25) is 4.98 Å². The molecule has 0 bridgehead atoms. The molecule has 0 unspecified atom stereocenters. The van der Waals surface area contributed by atoms with Crippen molar-refractivity contribution in [3.05, 3.63) is 50.9 Å². The van der Waals surface area contributed by atoms with Gasteiger partial charge in [-0.05, 0) is 38.3 Å². The van der Waals surface area contributed by atoms with Crippen molar-refractivity contribution in [3.8, 4) is 5.88 Å². The molecule has 9 nitrogen and oxygen atoms in total. The molecule has 31 heavy (non-hydrogen) atoms. The van der Waals surface area contributed by atoms with Crippen molar-refractivity contribution in [2.75, 3.05) is 11.9 Å². The minimum atomic E-state index is -1.10. The average molecular weight is 441 g/mol. The number of pyridine rings is 1. The molecule has 0 aromatic carbocycles. The third kappa shape index (κ3) is 4.96. The Labute approximate surface area is 184 Å². The highest BCUT2D eigenvalue weighted by Gasteiger charge is 2.40. The normalized spacial score (nSPS) is 17.4. The summed E-state index contributed by atoms with van der Waals surface area (Å²) in [7, 11) is 0. The van der Waals surface area contributed by atoms with Crippen LogP contribution >= 0.6 is 11.3 Å². The number of anilines is 1. The Hall–Kier alpha value is -3.14. The maximum atomic E-state index is 11.8. The minimum absolute atomic E-state index is 0.0454. The molecule has 0 spiro atoms. The van der Waals surface area contributed by atoms with E-state index < -0.39 is 5.97 Å². The van der Waals surface area contributed by atoms with Gasteiger partial charge in [-0.2, -0.15) is 4.98 Å². The number of hydrogen-bond acceptors (Lipinski definition) is 9. The summed E-state index contributed by atoms with van der Waals surface area (Å²) < 4.78 is 6.01. The fraction of sp³-hybridized carbons (Fsp3) is 0.429. The summed E-state index contributed by atoms with van der Waals surface area (Å²) in [5.41, 5.74) is 2.65. The molecule has 1 saturated carbocycles. The first-order valence-electron chi connectivity index (χ1n) is 10.2. The molecule has 0 aliphatic heterocycles. The zero-order valence-electron chi connectivity index (χ0n) is 17.6. The fourth-order valence-corrected chi connectivity index (χ4v) is 4.05. The van der Waals surface area contributed by atoms with Crippen molar-refractivity contribution >= 4 is 23.3 Å². The lowest BCUT2D eigenvalue weighted by atomic mass is 10.1. The summed E-state index contributed by atoms with van der Waals surface area (Å²) in [5, 5.41) is 22.3. The van der Waals surface area contributed by atoms with Crippen LogP contribution in [-0.2, 0) is 13.0 Å². The predicted molar refractivity (Wildman–Crippen MR) is 116 cm³/mol. The number of aryl methyl sites for hydroxylation is 2. The van der Waals surface area contributed by atoms with E-state index in [0.717, 1.165) is 27.7 Å². The van der Waals surface area contributed by atoms with E-state index in [0.29, 0.717) is 42.9 Å². The zero-order valence-corrected chi connectivity index (χ0v) is 18.4. The number of nitrogens with zero attached hydrogens (tertiary/aromatic N) is 5. The highest BCUT2D eigenvalue weighted by Crippen LogP contribution is 2.46. The molecule has 0 amide bonds. The van der Waals surface area contributed by atoms with Crippen LogP contribution in [0.2, 0.25) is 0 Å². The lowest BCUT2D eigenvalue weighted by Crippen LogP contribution is -2.15. The van der Waals surface area contributed by atoms with Crippen LogP contribution < -0.4 is 10.1 Å². The van der Waals surface area contributed by atoms with Gasteiger partial charge in [-0.15, -0.1) is 10.2 Å². The largest absolute Gasteiger partial charge is 0.477 e. The molecule has 2 N–H and O–H groups in total. The van der Waals surface area contributed by atoms with E-state index in [1.165, 1.54) is 11.3 Å². The number of carbonyl (C=O) groups is 1. The Morgan fingerprint density at radius 3 is 2.77 bits per heavy atom. The Morgan fingerprint density at radius 2 is 2.13 bits per heavy atom. The van der Waals surface area contributed by atoms with Gasteiger partial charge >= 0.3 is 5.97 Å². The highest BCUT2D eigenvalue weighted by molar-refractivity contribution is 7.11. The summed E-state index contributed by atoms with van der Waals surface area (Å²) in [4.78, 5) is 24.9. The van der Waals surface area contributed by atoms with Crippen molar-refractivity contribution in [1.29, 1.82) is 0 Å². The first-order valence-corrected chi connectivity index (χ1v) is 11.0. The standard InChI is InChI=1S/C21H24N6O3S/c1-4-14-18(20(28)29)24-21(23-9-17-27-26-12(3)31-17)25-19(14)30-10-13-7-15(13)16-6-5-11(2)8-22-16/h5-6,8,13,15H,4,7,9-10H2,1-3H3,(H,28,29)(H,23,24,25)/t13-,15+/m1/s1. The molecule has 3 aromatic rings. The molecule has 3 heterocycles. The monoisotopic (exact) mass is 440 g/mol.